The molecule has 0 aliphatic heterocycles. The summed E-state index contributed by atoms with van der Waals surface area (Å²) in [6.07, 6.45) is 0. The Morgan fingerprint density at radius 2 is 1.59 bits per heavy atom. The number of amides is 1. The highest BCUT2D eigenvalue weighted by molar-refractivity contribution is 9.10. The molecule has 0 saturated heterocycles. The summed E-state index contributed by atoms with van der Waals surface area (Å²) < 4.78 is 42.0. The largest absolute Gasteiger partial charge is 0.348 e. The van der Waals surface area contributed by atoms with Crippen molar-refractivity contribution in [2.24, 2.45) is 0 Å². The lowest BCUT2D eigenvalue weighted by molar-refractivity contribution is -0.122. The van der Waals surface area contributed by atoms with Gasteiger partial charge in [0, 0.05) is 11.0 Å². The molecule has 1 amide bonds. The van der Waals surface area contributed by atoms with Crippen molar-refractivity contribution in [1.82, 2.24) is 9.62 Å². The lowest BCUT2D eigenvalue weighted by Gasteiger charge is -2.23. The van der Waals surface area contributed by atoms with Crippen LogP contribution in [0.3, 0.4) is 0 Å². The zero-order valence-electron chi connectivity index (χ0n) is 17.8. The Bertz CT molecular complexity index is 1170. The highest BCUT2D eigenvalue weighted by atomic mass is 79.9. The van der Waals surface area contributed by atoms with Crippen molar-refractivity contribution in [2.75, 3.05) is 6.54 Å². The molecule has 3 rings (SSSR count). The first-order valence-corrected chi connectivity index (χ1v) is 12.2. The Labute approximate surface area is 196 Å². The van der Waals surface area contributed by atoms with Crippen LogP contribution in [0.2, 0.25) is 0 Å². The number of hydrogen-bond acceptors (Lipinski definition) is 3. The van der Waals surface area contributed by atoms with Crippen LogP contribution in [0.15, 0.2) is 82.2 Å². The SMILES string of the molecule is Cc1ccc(S(=O)(=O)N(CC(=O)NC(C)c2ccc(Br)cc2)Cc2ccc(F)cc2)cc1. The van der Waals surface area contributed by atoms with Gasteiger partial charge in [-0.05, 0) is 61.4 Å². The summed E-state index contributed by atoms with van der Waals surface area (Å²) in [7, 11) is -3.95. The Kier molecular flexibility index (Phi) is 7.82. The number of rotatable bonds is 8. The number of sulfonamides is 1. The molecule has 3 aromatic rings. The third-order valence-electron chi connectivity index (χ3n) is 5.00. The van der Waals surface area contributed by atoms with Gasteiger partial charge in [-0.15, -0.1) is 0 Å². The molecule has 0 bridgehead atoms. The quantitative estimate of drug-likeness (QED) is 0.458. The minimum Gasteiger partial charge on any atom is -0.348 e. The third kappa shape index (κ3) is 6.25. The molecule has 0 spiro atoms. The van der Waals surface area contributed by atoms with Gasteiger partial charge in [-0.3, -0.25) is 4.79 Å². The van der Waals surface area contributed by atoms with Crippen molar-refractivity contribution < 1.29 is 17.6 Å². The predicted molar refractivity (Wildman–Crippen MR) is 126 cm³/mol. The summed E-state index contributed by atoms with van der Waals surface area (Å²) in [4.78, 5) is 12.9. The lowest BCUT2D eigenvalue weighted by atomic mass is 10.1. The van der Waals surface area contributed by atoms with Crippen LogP contribution in [0, 0.1) is 12.7 Å². The van der Waals surface area contributed by atoms with Crippen molar-refractivity contribution in [1.29, 1.82) is 0 Å². The molecule has 0 aliphatic carbocycles. The first kappa shape index (κ1) is 24.1. The minimum atomic E-state index is -3.95. The predicted octanol–water partition coefficient (Wildman–Crippen LogP) is 4.96. The number of carbonyl (C=O) groups is 1. The summed E-state index contributed by atoms with van der Waals surface area (Å²) in [6.45, 7) is 3.27. The number of benzene rings is 3. The molecule has 0 aliphatic rings. The Morgan fingerprint density at radius 1 is 1.00 bits per heavy atom. The van der Waals surface area contributed by atoms with Gasteiger partial charge in [-0.1, -0.05) is 57.9 Å². The molecule has 168 valence electrons. The smallest absolute Gasteiger partial charge is 0.243 e. The molecular weight excluding hydrogens is 495 g/mol. The molecule has 3 aromatic carbocycles. The molecule has 0 saturated carbocycles. The van der Waals surface area contributed by atoms with Gasteiger partial charge in [-0.25, -0.2) is 12.8 Å². The molecule has 0 radical (unpaired) electrons. The normalized spacial score (nSPS) is 12.5. The Balaban J connectivity index is 1.82. The number of carbonyl (C=O) groups excluding carboxylic acids is 1. The summed E-state index contributed by atoms with van der Waals surface area (Å²) in [6, 6.07) is 19.2. The van der Waals surface area contributed by atoms with Crippen LogP contribution in [0.4, 0.5) is 4.39 Å². The van der Waals surface area contributed by atoms with E-state index in [1.54, 1.807) is 12.1 Å². The van der Waals surface area contributed by atoms with E-state index in [1.807, 2.05) is 38.1 Å². The van der Waals surface area contributed by atoms with Crippen molar-refractivity contribution in [3.63, 3.8) is 0 Å². The van der Waals surface area contributed by atoms with Gasteiger partial charge in [-0.2, -0.15) is 4.31 Å². The number of nitrogens with zero attached hydrogens (tertiary/aromatic N) is 1. The molecule has 0 aromatic heterocycles. The summed E-state index contributed by atoms with van der Waals surface area (Å²) in [5.41, 5.74) is 2.40. The maximum Gasteiger partial charge on any atom is 0.243 e. The van der Waals surface area contributed by atoms with Crippen LogP contribution in [0.25, 0.3) is 0 Å². The van der Waals surface area contributed by atoms with Crippen molar-refractivity contribution >= 4 is 31.9 Å². The van der Waals surface area contributed by atoms with Gasteiger partial charge in [0.05, 0.1) is 17.5 Å². The van der Waals surface area contributed by atoms with Crippen LogP contribution >= 0.6 is 15.9 Å². The molecule has 1 N–H and O–H groups in total. The second-order valence-electron chi connectivity index (χ2n) is 7.55. The van der Waals surface area contributed by atoms with Crippen LogP contribution in [-0.4, -0.2) is 25.2 Å². The monoisotopic (exact) mass is 518 g/mol. The van der Waals surface area contributed by atoms with Gasteiger partial charge in [0.2, 0.25) is 15.9 Å². The van der Waals surface area contributed by atoms with E-state index in [1.165, 1.54) is 36.4 Å². The first-order chi connectivity index (χ1) is 15.1. The maximum atomic E-state index is 13.3. The highest BCUT2D eigenvalue weighted by Crippen LogP contribution is 2.20. The van der Waals surface area contributed by atoms with Gasteiger partial charge >= 0.3 is 0 Å². The Hall–Kier alpha value is -2.55. The van der Waals surface area contributed by atoms with E-state index in [9.17, 15) is 17.6 Å². The number of aryl methyl sites for hydroxylation is 1. The fourth-order valence-electron chi connectivity index (χ4n) is 3.16. The van der Waals surface area contributed by atoms with Gasteiger partial charge < -0.3 is 5.32 Å². The van der Waals surface area contributed by atoms with Gasteiger partial charge in [0.25, 0.3) is 0 Å². The molecule has 0 heterocycles. The second kappa shape index (κ2) is 10.4. The number of nitrogens with one attached hydrogen (secondary N) is 1. The van der Waals surface area contributed by atoms with E-state index in [0.29, 0.717) is 5.56 Å². The average Bonchev–Trinajstić information content (AvgIpc) is 2.75. The second-order valence-corrected chi connectivity index (χ2v) is 10.4. The van der Waals surface area contributed by atoms with Crippen LogP contribution in [-0.2, 0) is 21.4 Å². The van der Waals surface area contributed by atoms with Gasteiger partial charge in [0.15, 0.2) is 0 Å². The fourth-order valence-corrected chi connectivity index (χ4v) is 4.81. The fraction of sp³-hybridized carbons (Fsp3) is 0.208. The third-order valence-corrected chi connectivity index (χ3v) is 7.33. The summed E-state index contributed by atoms with van der Waals surface area (Å²) in [5, 5.41) is 2.85. The highest BCUT2D eigenvalue weighted by Gasteiger charge is 2.27. The van der Waals surface area contributed by atoms with Crippen LogP contribution in [0.1, 0.15) is 29.7 Å². The van der Waals surface area contributed by atoms with Gasteiger partial charge in [0.1, 0.15) is 5.82 Å². The van der Waals surface area contributed by atoms with E-state index in [2.05, 4.69) is 21.2 Å². The van der Waals surface area contributed by atoms with Crippen molar-refractivity contribution in [3.05, 3.63) is 99.8 Å². The van der Waals surface area contributed by atoms with E-state index >= 15 is 0 Å². The zero-order chi connectivity index (χ0) is 23.3. The summed E-state index contributed by atoms with van der Waals surface area (Å²) in [5.74, 6) is -0.846. The minimum absolute atomic E-state index is 0.0590. The molecule has 1 unspecified atom stereocenters. The number of halogens is 2. The lowest BCUT2D eigenvalue weighted by Crippen LogP contribution is -2.41. The van der Waals surface area contributed by atoms with E-state index in [-0.39, 0.29) is 24.0 Å². The Morgan fingerprint density at radius 3 is 2.19 bits per heavy atom. The molecular formula is C24H24BrFN2O3S. The molecule has 8 heteroatoms. The summed E-state index contributed by atoms with van der Waals surface area (Å²) >= 11 is 3.38. The topological polar surface area (TPSA) is 66.5 Å². The molecule has 5 nitrogen and oxygen atoms in total. The molecule has 32 heavy (non-hydrogen) atoms. The zero-order valence-corrected chi connectivity index (χ0v) is 20.2. The standard InChI is InChI=1S/C24H24BrFN2O3S/c1-17-3-13-23(14-4-17)32(30,31)28(15-19-5-11-22(26)12-6-19)16-24(29)27-18(2)20-7-9-21(25)10-8-20/h3-14,18H,15-16H2,1-2H3,(H,27,29). The molecule has 0 fully saturated rings. The number of hydrogen-bond donors (Lipinski definition) is 1. The van der Waals surface area contributed by atoms with Crippen LogP contribution < -0.4 is 5.32 Å². The molecule has 1 atom stereocenters. The van der Waals surface area contributed by atoms with E-state index < -0.39 is 21.7 Å². The van der Waals surface area contributed by atoms with E-state index in [0.717, 1.165) is 19.9 Å². The average molecular weight is 519 g/mol. The first-order valence-electron chi connectivity index (χ1n) is 10.0. The van der Waals surface area contributed by atoms with Crippen LogP contribution in [0.5, 0.6) is 0 Å². The van der Waals surface area contributed by atoms with E-state index in [4.69, 9.17) is 0 Å². The maximum absolute atomic E-state index is 13.3. The van der Waals surface area contributed by atoms with Crippen molar-refractivity contribution in [2.45, 2.75) is 31.3 Å². The van der Waals surface area contributed by atoms with Crippen molar-refractivity contribution in [3.8, 4) is 0 Å².